The number of benzene rings is 2. The Morgan fingerprint density at radius 1 is 1.10 bits per heavy atom. The molecule has 2 aromatic rings. The number of rotatable bonds is 5. The molecule has 0 aliphatic rings. The van der Waals surface area contributed by atoms with Crippen LogP contribution in [0.3, 0.4) is 0 Å². The predicted molar refractivity (Wildman–Crippen MR) is 89.2 cm³/mol. The van der Waals surface area contributed by atoms with Gasteiger partial charge in [-0.15, -0.1) is 0 Å². The van der Waals surface area contributed by atoms with Crippen LogP contribution in [0.4, 0.5) is 4.79 Å². The summed E-state index contributed by atoms with van der Waals surface area (Å²) in [7, 11) is 0. The molecule has 2 amide bonds. The molecule has 3 nitrogen and oxygen atoms in total. The molecule has 2 N–H and O–H groups in total. The maximum absolute atomic E-state index is 11.9. The van der Waals surface area contributed by atoms with Gasteiger partial charge >= 0.3 is 6.03 Å². The van der Waals surface area contributed by atoms with E-state index in [4.69, 9.17) is 0 Å². The first kappa shape index (κ1) is 15.6. The van der Waals surface area contributed by atoms with E-state index in [0.29, 0.717) is 6.54 Å². The van der Waals surface area contributed by atoms with Crippen molar-refractivity contribution in [3.63, 3.8) is 0 Å². The van der Waals surface area contributed by atoms with Crippen molar-refractivity contribution in [3.8, 4) is 0 Å². The second-order valence-electron chi connectivity index (χ2n) is 4.88. The van der Waals surface area contributed by atoms with Gasteiger partial charge in [0.15, 0.2) is 0 Å². The van der Waals surface area contributed by atoms with E-state index in [0.717, 1.165) is 16.5 Å². The smallest absolute Gasteiger partial charge is 0.315 e. The van der Waals surface area contributed by atoms with Crippen LogP contribution < -0.4 is 10.6 Å². The Morgan fingerprint density at radius 3 is 2.48 bits per heavy atom. The van der Waals surface area contributed by atoms with Crippen LogP contribution in [0.15, 0.2) is 59.1 Å². The molecule has 2 aromatic carbocycles. The zero-order chi connectivity index (χ0) is 15.1. The molecule has 110 valence electrons. The van der Waals surface area contributed by atoms with Crippen molar-refractivity contribution in [1.82, 2.24) is 10.6 Å². The van der Waals surface area contributed by atoms with E-state index in [-0.39, 0.29) is 12.1 Å². The molecule has 1 atom stereocenters. The van der Waals surface area contributed by atoms with Crippen LogP contribution in [-0.2, 0) is 6.42 Å². The Balaban J connectivity index is 1.78. The van der Waals surface area contributed by atoms with E-state index >= 15 is 0 Å². The quantitative estimate of drug-likeness (QED) is 0.842. The van der Waals surface area contributed by atoms with Gasteiger partial charge < -0.3 is 10.6 Å². The number of amides is 2. The van der Waals surface area contributed by atoms with Crippen LogP contribution >= 0.6 is 15.9 Å². The molecule has 0 saturated heterocycles. The van der Waals surface area contributed by atoms with Crippen molar-refractivity contribution in [3.05, 3.63) is 70.2 Å². The summed E-state index contributed by atoms with van der Waals surface area (Å²) in [4.78, 5) is 11.9. The largest absolute Gasteiger partial charge is 0.338 e. The Bertz CT molecular complexity index is 586. The normalized spacial score (nSPS) is 11.7. The molecule has 0 heterocycles. The molecule has 0 fully saturated rings. The summed E-state index contributed by atoms with van der Waals surface area (Å²) in [6, 6.07) is 17.8. The molecule has 2 rings (SSSR count). The summed E-state index contributed by atoms with van der Waals surface area (Å²) >= 11 is 3.50. The number of carbonyl (C=O) groups excluding carboxylic acids is 1. The lowest BCUT2D eigenvalue weighted by Gasteiger charge is -2.16. The number of nitrogens with one attached hydrogen (secondary N) is 2. The molecule has 1 unspecified atom stereocenters. The molecule has 0 spiro atoms. The third-order valence-electron chi connectivity index (χ3n) is 3.26. The van der Waals surface area contributed by atoms with Crippen molar-refractivity contribution in [2.45, 2.75) is 19.4 Å². The van der Waals surface area contributed by atoms with E-state index < -0.39 is 0 Å². The molecule has 0 bridgehead atoms. The number of halogens is 1. The average molecular weight is 347 g/mol. The predicted octanol–water partition coefficient (Wildman–Crippen LogP) is 4.05. The second-order valence-corrected chi connectivity index (χ2v) is 5.73. The average Bonchev–Trinajstić information content (AvgIpc) is 2.48. The van der Waals surface area contributed by atoms with Gasteiger partial charge in [0.05, 0.1) is 6.04 Å². The van der Waals surface area contributed by atoms with Gasteiger partial charge in [-0.05, 0) is 30.5 Å². The lowest BCUT2D eigenvalue weighted by Crippen LogP contribution is -2.38. The maximum Gasteiger partial charge on any atom is 0.315 e. The standard InChI is InChI=1S/C17H19BrN2O/c1-13(15-9-5-6-10-16(15)18)20-17(21)19-12-11-14-7-3-2-4-8-14/h2-10,13H,11-12H2,1H3,(H2,19,20,21). The fourth-order valence-electron chi connectivity index (χ4n) is 2.12. The van der Waals surface area contributed by atoms with Gasteiger partial charge in [0, 0.05) is 11.0 Å². The number of hydrogen-bond donors (Lipinski definition) is 2. The highest BCUT2D eigenvalue weighted by atomic mass is 79.9. The topological polar surface area (TPSA) is 41.1 Å². The van der Waals surface area contributed by atoms with Gasteiger partial charge in [0.25, 0.3) is 0 Å². The Kier molecular flexibility index (Phi) is 5.81. The van der Waals surface area contributed by atoms with Gasteiger partial charge in [0.1, 0.15) is 0 Å². The van der Waals surface area contributed by atoms with Gasteiger partial charge in [-0.1, -0.05) is 64.5 Å². The fourth-order valence-corrected chi connectivity index (χ4v) is 2.74. The minimum absolute atomic E-state index is 0.0442. The third-order valence-corrected chi connectivity index (χ3v) is 3.98. The van der Waals surface area contributed by atoms with E-state index in [9.17, 15) is 4.79 Å². The monoisotopic (exact) mass is 346 g/mol. The molecular weight excluding hydrogens is 328 g/mol. The SMILES string of the molecule is CC(NC(=O)NCCc1ccccc1)c1ccccc1Br. The van der Waals surface area contributed by atoms with Crippen LogP contribution in [0.2, 0.25) is 0 Å². The summed E-state index contributed by atoms with van der Waals surface area (Å²) < 4.78 is 1.00. The van der Waals surface area contributed by atoms with Gasteiger partial charge in [-0.3, -0.25) is 0 Å². The summed E-state index contributed by atoms with van der Waals surface area (Å²) in [6.07, 6.45) is 0.831. The molecule has 21 heavy (non-hydrogen) atoms. The highest BCUT2D eigenvalue weighted by Gasteiger charge is 2.11. The number of carbonyl (C=O) groups is 1. The summed E-state index contributed by atoms with van der Waals surface area (Å²) in [5, 5.41) is 5.83. The summed E-state index contributed by atoms with van der Waals surface area (Å²) in [5.41, 5.74) is 2.28. The minimum atomic E-state index is -0.144. The van der Waals surface area contributed by atoms with E-state index in [1.165, 1.54) is 5.56 Å². The van der Waals surface area contributed by atoms with Crippen LogP contribution in [-0.4, -0.2) is 12.6 Å². The van der Waals surface area contributed by atoms with Crippen molar-refractivity contribution >= 4 is 22.0 Å². The molecular formula is C17H19BrN2O. The lowest BCUT2D eigenvalue weighted by atomic mass is 10.1. The third kappa shape index (κ3) is 4.90. The molecule has 0 aliphatic carbocycles. The summed E-state index contributed by atoms with van der Waals surface area (Å²) in [6.45, 7) is 2.59. The zero-order valence-electron chi connectivity index (χ0n) is 12.0. The highest BCUT2D eigenvalue weighted by Crippen LogP contribution is 2.22. The minimum Gasteiger partial charge on any atom is -0.338 e. The fraction of sp³-hybridized carbons (Fsp3) is 0.235. The first-order chi connectivity index (χ1) is 10.2. The molecule has 0 saturated carbocycles. The summed E-state index contributed by atoms with van der Waals surface area (Å²) in [5.74, 6) is 0. The first-order valence-corrected chi connectivity index (χ1v) is 7.79. The highest BCUT2D eigenvalue weighted by molar-refractivity contribution is 9.10. The Hall–Kier alpha value is -1.81. The number of hydrogen-bond acceptors (Lipinski definition) is 1. The van der Waals surface area contributed by atoms with E-state index in [1.807, 2.05) is 49.4 Å². The van der Waals surface area contributed by atoms with Crippen LogP contribution in [0.5, 0.6) is 0 Å². The van der Waals surface area contributed by atoms with E-state index in [2.05, 4.69) is 38.7 Å². The van der Waals surface area contributed by atoms with Crippen molar-refractivity contribution in [1.29, 1.82) is 0 Å². The second kappa shape index (κ2) is 7.84. The molecule has 0 aliphatic heterocycles. The van der Waals surface area contributed by atoms with Gasteiger partial charge in [-0.25, -0.2) is 4.79 Å². The molecule has 0 radical (unpaired) electrons. The zero-order valence-corrected chi connectivity index (χ0v) is 13.6. The maximum atomic E-state index is 11.9. The Morgan fingerprint density at radius 2 is 1.76 bits per heavy atom. The van der Waals surface area contributed by atoms with Crippen molar-refractivity contribution < 1.29 is 4.79 Å². The first-order valence-electron chi connectivity index (χ1n) is 6.99. The van der Waals surface area contributed by atoms with Gasteiger partial charge in [0.2, 0.25) is 0 Å². The molecule has 4 heteroatoms. The van der Waals surface area contributed by atoms with Gasteiger partial charge in [-0.2, -0.15) is 0 Å². The Labute approximate surface area is 133 Å². The van der Waals surface area contributed by atoms with Crippen LogP contribution in [0.25, 0.3) is 0 Å². The van der Waals surface area contributed by atoms with Crippen molar-refractivity contribution in [2.75, 3.05) is 6.54 Å². The van der Waals surface area contributed by atoms with E-state index in [1.54, 1.807) is 0 Å². The van der Waals surface area contributed by atoms with Crippen molar-refractivity contribution in [2.24, 2.45) is 0 Å². The molecule has 0 aromatic heterocycles. The lowest BCUT2D eigenvalue weighted by molar-refractivity contribution is 0.238. The number of urea groups is 1. The van der Waals surface area contributed by atoms with Crippen LogP contribution in [0.1, 0.15) is 24.1 Å². The van der Waals surface area contributed by atoms with Crippen LogP contribution in [0, 0.1) is 0 Å².